The van der Waals surface area contributed by atoms with Gasteiger partial charge in [0.15, 0.2) is 5.13 Å². The zero-order valence-electron chi connectivity index (χ0n) is 10.3. The van der Waals surface area contributed by atoms with Gasteiger partial charge in [0.1, 0.15) is 5.84 Å². The quantitative estimate of drug-likeness (QED) is 0.363. The molecule has 0 atom stereocenters. The minimum atomic E-state index is 0.216. The number of aromatic nitrogens is 2. The third kappa shape index (κ3) is 3.92. The fourth-order valence-corrected chi connectivity index (χ4v) is 2.30. The molecule has 0 fully saturated rings. The maximum atomic E-state index is 8.59. The van der Waals surface area contributed by atoms with E-state index in [1.54, 1.807) is 23.7 Å². The molecule has 0 saturated heterocycles. The topological polar surface area (TPSA) is 87.6 Å². The molecule has 0 aliphatic carbocycles. The first-order valence-corrected chi connectivity index (χ1v) is 6.67. The second kappa shape index (κ2) is 6.69. The van der Waals surface area contributed by atoms with E-state index in [0.717, 1.165) is 10.7 Å². The summed E-state index contributed by atoms with van der Waals surface area (Å²) in [7, 11) is 0. The van der Waals surface area contributed by atoms with Crippen molar-refractivity contribution in [3.63, 3.8) is 0 Å². The van der Waals surface area contributed by atoms with Crippen LogP contribution in [-0.2, 0) is 6.54 Å². The summed E-state index contributed by atoms with van der Waals surface area (Å²) in [6.45, 7) is 1.33. The zero-order valence-corrected chi connectivity index (χ0v) is 11.1. The first-order valence-electron chi connectivity index (χ1n) is 5.79. The van der Waals surface area contributed by atoms with Gasteiger partial charge in [0.25, 0.3) is 0 Å². The van der Waals surface area contributed by atoms with Crippen molar-refractivity contribution in [2.24, 2.45) is 10.9 Å². The Balaban J connectivity index is 2.07. The number of hydrogen-bond donors (Lipinski definition) is 2. The number of amidine groups is 1. The molecule has 2 aromatic rings. The monoisotopic (exact) mass is 277 g/mol. The third-order valence-electron chi connectivity index (χ3n) is 2.55. The summed E-state index contributed by atoms with van der Waals surface area (Å²) < 4.78 is 0. The fraction of sp³-hybridized carbons (Fsp3) is 0.250. The van der Waals surface area contributed by atoms with Gasteiger partial charge in [-0.05, 0) is 11.6 Å². The van der Waals surface area contributed by atoms with Crippen LogP contribution in [-0.4, -0.2) is 27.6 Å². The lowest BCUT2D eigenvalue weighted by Gasteiger charge is -2.21. The largest absolute Gasteiger partial charge is 0.409 e. The Kier molecular flexibility index (Phi) is 4.68. The molecule has 0 amide bonds. The van der Waals surface area contributed by atoms with Crippen molar-refractivity contribution in [3.05, 3.63) is 41.7 Å². The molecule has 0 spiro atoms. The molecule has 3 N–H and O–H groups in total. The van der Waals surface area contributed by atoms with Crippen LogP contribution in [0.15, 0.2) is 41.3 Å². The predicted molar refractivity (Wildman–Crippen MR) is 75.4 cm³/mol. The first kappa shape index (κ1) is 13.3. The van der Waals surface area contributed by atoms with Crippen LogP contribution in [0.4, 0.5) is 5.13 Å². The minimum Gasteiger partial charge on any atom is -0.409 e. The highest BCUT2D eigenvalue weighted by Crippen LogP contribution is 2.19. The van der Waals surface area contributed by atoms with E-state index in [2.05, 4.69) is 20.0 Å². The van der Waals surface area contributed by atoms with Crippen LogP contribution in [0.5, 0.6) is 0 Å². The number of rotatable bonds is 6. The molecule has 2 heterocycles. The molecule has 0 saturated carbocycles. The lowest BCUT2D eigenvalue weighted by Crippen LogP contribution is -2.27. The molecule has 0 unspecified atom stereocenters. The number of thiazole rings is 1. The van der Waals surface area contributed by atoms with Crippen LogP contribution in [0.25, 0.3) is 0 Å². The molecule has 2 aromatic heterocycles. The van der Waals surface area contributed by atoms with Crippen LogP contribution in [0.1, 0.15) is 12.0 Å². The summed E-state index contributed by atoms with van der Waals surface area (Å²) in [6.07, 6.45) is 5.81. The Labute approximate surface area is 115 Å². The molecule has 6 nitrogen and oxygen atoms in total. The SMILES string of the molecule is N/C(CCN(Cc1cccnc1)c1nccs1)=N\O. The van der Waals surface area contributed by atoms with Crippen molar-refractivity contribution < 1.29 is 5.21 Å². The van der Waals surface area contributed by atoms with Crippen molar-refractivity contribution in [1.29, 1.82) is 0 Å². The van der Waals surface area contributed by atoms with E-state index in [1.807, 2.05) is 23.7 Å². The Bertz CT molecular complexity index is 514. The Morgan fingerprint density at radius 1 is 1.47 bits per heavy atom. The molecule has 0 aromatic carbocycles. The van der Waals surface area contributed by atoms with E-state index in [9.17, 15) is 0 Å². The Hall–Kier alpha value is -2.15. The number of hydrogen-bond acceptors (Lipinski definition) is 6. The average molecular weight is 277 g/mol. The molecule has 19 heavy (non-hydrogen) atoms. The van der Waals surface area contributed by atoms with Crippen molar-refractivity contribution >= 4 is 22.3 Å². The molecule has 7 heteroatoms. The molecular weight excluding hydrogens is 262 g/mol. The minimum absolute atomic E-state index is 0.216. The van der Waals surface area contributed by atoms with Gasteiger partial charge in [-0.3, -0.25) is 4.98 Å². The molecule has 0 aliphatic heterocycles. The van der Waals surface area contributed by atoms with Crippen molar-refractivity contribution in [1.82, 2.24) is 9.97 Å². The molecule has 0 aliphatic rings. The summed E-state index contributed by atoms with van der Waals surface area (Å²) in [4.78, 5) is 10.5. The van der Waals surface area contributed by atoms with Gasteiger partial charge < -0.3 is 15.8 Å². The van der Waals surface area contributed by atoms with Crippen molar-refractivity contribution in [2.45, 2.75) is 13.0 Å². The van der Waals surface area contributed by atoms with Crippen LogP contribution in [0.3, 0.4) is 0 Å². The van der Waals surface area contributed by atoms with Crippen LogP contribution >= 0.6 is 11.3 Å². The highest BCUT2D eigenvalue weighted by atomic mass is 32.1. The van der Waals surface area contributed by atoms with E-state index >= 15 is 0 Å². The van der Waals surface area contributed by atoms with Gasteiger partial charge >= 0.3 is 0 Å². The van der Waals surface area contributed by atoms with Crippen LogP contribution in [0.2, 0.25) is 0 Å². The molecule has 0 bridgehead atoms. The number of nitrogens with zero attached hydrogens (tertiary/aromatic N) is 4. The summed E-state index contributed by atoms with van der Waals surface area (Å²) in [5.74, 6) is 0.216. The number of nitrogens with two attached hydrogens (primary N) is 1. The first-order chi connectivity index (χ1) is 9.29. The maximum Gasteiger partial charge on any atom is 0.185 e. The molecular formula is C12H15N5OS. The van der Waals surface area contributed by atoms with Gasteiger partial charge in [-0.25, -0.2) is 4.98 Å². The maximum absolute atomic E-state index is 8.59. The lowest BCUT2D eigenvalue weighted by molar-refractivity contribution is 0.317. The van der Waals surface area contributed by atoms with Gasteiger partial charge in [-0.2, -0.15) is 0 Å². The highest BCUT2D eigenvalue weighted by Gasteiger charge is 2.10. The predicted octanol–water partition coefficient (Wildman–Crippen LogP) is 1.68. The Morgan fingerprint density at radius 2 is 2.37 bits per heavy atom. The summed E-state index contributed by atoms with van der Waals surface area (Å²) >= 11 is 1.56. The second-order valence-corrected chi connectivity index (χ2v) is 4.81. The smallest absolute Gasteiger partial charge is 0.185 e. The standard InChI is InChI=1S/C12H15N5OS/c13-11(16-18)3-6-17(12-15-5-7-19-12)9-10-2-1-4-14-8-10/h1-2,4-5,7-8,18H,3,6,9H2,(H2,13,16). The fourth-order valence-electron chi connectivity index (χ4n) is 1.63. The highest BCUT2D eigenvalue weighted by molar-refractivity contribution is 7.13. The molecule has 0 radical (unpaired) electrons. The molecule has 100 valence electrons. The van der Waals surface area contributed by atoms with Crippen LogP contribution in [0, 0.1) is 0 Å². The number of anilines is 1. The Morgan fingerprint density at radius 3 is 3.00 bits per heavy atom. The van der Waals surface area contributed by atoms with E-state index in [0.29, 0.717) is 19.5 Å². The van der Waals surface area contributed by atoms with Crippen molar-refractivity contribution in [3.8, 4) is 0 Å². The van der Waals surface area contributed by atoms with Gasteiger partial charge in [-0.1, -0.05) is 11.2 Å². The van der Waals surface area contributed by atoms with Gasteiger partial charge in [-0.15, -0.1) is 11.3 Å². The lowest BCUT2D eigenvalue weighted by atomic mass is 10.2. The summed E-state index contributed by atoms with van der Waals surface area (Å²) in [6, 6.07) is 3.91. The number of oxime groups is 1. The third-order valence-corrected chi connectivity index (χ3v) is 3.38. The van der Waals surface area contributed by atoms with E-state index in [-0.39, 0.29) is 5.84 Å². The van der Waals surface area contributed by atoms with Gasteiger partial charge in [0.2, 0.25) is 0 Å². The van der Waals surface area contributed by atoms with E-state index in [4.69, 9.17) is 10.9 Å². The van der Waals surface area contributed by atoms with Gasteiger partial charge in [0.05, 0.1) is 0 Å². The summed E-state index contributed by atoms with van der Waals surface area (Å²) in [5.41, 5.74) is 6.61. The average Bonchev–Trinajstić information content (AvgIpc) is 2.98. The van der Waals surface area contributed by atoms with Gasteiger partial charge in [0, 0.05) is 43.5 Å². The zero-order chi connectivity index (χ0) is 13.5. The van der Waals surface area contributed by atoms with Crippen molar-refractivity contribution in [2.75, 3.05) is 11.4 Å². The van der Waals surface area contributed by atoms with E-state index in [1.165, 1.54) is 0 Å². The van der Waals surface area contributed by atoms with E-state index < -0.39 is 0 Å². The normalized spacial score (nSPS) is 11.5. The second-order valence-electron chi connectivity index (χ2n) is 3.94. The molecule has 2 rings (SSSR count). The van der Waals surface area contributed by atoms with Crippen LogP contribution < -0.4 is 10.6 Å². The summed E-state index contributed by atoms with van der Waals surface area (Å²) in [5, 5.41) is 14.4. The number of pyridine rings is 1.